The molecule has 0 saturated heterocycles. The van der Waals surface area contributed by atoms with Gasteiger partial charge < -0.3 is 10.1 Å². The second kappa shape index (κ2) is 4.96. The van der Waals surface area contributed by atoms with Gasteiger partial charge >= 0.3 is 5.97 Å². The number of hydrogen-bond acceptors (Lipinski definition) is 6. The first-order valence-corrected chi connectivity index (χ1v) is 5.68. The van der Waals surface area contributed by atoms with E-state index in [1.54, 1.807) is 6.92 Å². The highest BCUT2D eigenvalue weighted by molar-refractivity contribution is 7.99. The van der Waals surface area contributed by atoms with Crippen LogP contribution in [-0.4, -0.2) is 31.0 Å². The molecule has 0 saturated carbocycles. The van der Waals surface area contributed by atoms with Gasteiger partial charge in [0.25, 0.3) is 5.56 Å². The fourth-order valence-corrected chi connectivity index (χ4v) is 1.96. The van der Waals surface area contributed by atoms with Gasteiger partial charge in [-0.2, -0.15) is 0 Å². The molecular formula is C10H8N4O3S. The van der Waals surface area contributed by atoms with Gasteiger partial charge in [0.15, 0.2) is 16.0 Å². The van der Waals surface area contributed by atoms with E-state index in [0.717, 1.165) is 11.8 Å². The quantitative estimate of drug-likeness (QED) is 0.786. The molecule has 0 aliphatic heterocycles. The molecule has 0 bridgehead atoms. The number of aromatic carboxylic acids is 1. The predicted octanol–water partition coefficient (Wildman–Crippen LogP) is 0.718. The van der Waals surface area contributed by atoms with Gasteiger partial charge in [0, 0.05) is 18.0 Å². The van der Waals surface area contributed by atoms with Crippen LogP contribution in [0.2, 0.25) is 0 Å². The van der Waals surface area contributed by atoms with Crippen LogP contribution < -0.4 is 5.56 Å². The fourth-order valence-electron chi connectivity index (χ4n) is 1.19. The second-order valence-corrected chi connectivity index (χ2v) is 4.28. The Bertz CT molecular complexity index is 656. The van der Waals surface area contributed by atoms with Crippen molar-refractivity contribution >= 4 is 17.7 Å². The predicted molar refractivity (Wildman–Crippen MR) is 62.7 cm³/mol. The molecule has 2 aromatic heterocycles. The molecule has 0 amide bonds. The van der Waals surface area contributed by atoms with E-state index in [4.69, 9.17) is 5.11 Å². The van der Waals surface area contributed by atoms with Gasteiger partial charge in [-0.25, -0.2) is 19.7 Å². The third kappa shape index (κ3) is 2.92. The molecule has 2 aromatic rings. The molecule has 2 rings (SSSR count). The molecule has 0 fully saturated rings. The number of carboxylic acid groups (broad SMARTS) is 1. The Labute approximate surface area is 105 Å². The summed E-state index contributed by atoms with van der Waals surface area (Å²) < 4.78 is 0. The van der Waals surface area contributed by atoms with Crippen LogP contribution >= 0.6 is 11.8 Å². The van der Waals surface area contributed by atoms with Crippen molar-refractivity contribution in [3.8, 4) is 0 Å². The van der Waals surface area contributed by atoms with Crippen molar-refractivity contribution in [3.05, 3.63) is 40.1 Å². The number of aryl methyl sites for hydroxylation is 1. The summed E-state index contributed by atoms with van der Waals surface area (Å²) in [6.07, 6.45) is 1.36. The maximum absolute atomic E-state index is 11.1. The van der Waals surface area contributed by atoms with Gasteiger partial charge in [-0.15, -0.1) is 0 Å². The van der Waals surface area contributed by atoms with Crippen molar-refractivity contribution in [2.75, 3.05) is 0 Å². The van der Waals surface area contributed by atoms with Gasteiger partial charge in [-0.3, -0.25) is 4.79 Å². The average molecular weight is 264 g/mol. The van der Waals surface area contributed by atoms with E-state index in [2.05, 4.69) is 19.9 Å². The molecule has 18 heavy (non-hydrogen) atoms. The summed E-state index contributed by atoms with van der Waals surface area (Å²) in [5.41, 5.74) is 0.144. The number of nitrogens with one attached hydrogen (secondary N) is 1. The zero-order chi connectivity index (χ0) is 13.1. The smallest absolute Gasteiger partial charge is 0.354 e. The standard InChI is InChI=1S/C10H8N4O3S/c1-5-4-6(8(16)17)13-10(12-5)18-9-11-3-2-7(15)14-9/h2-4H,1H3,(H,16,17)(H,11,14,15). The molecular weight excluding hydrogens is 256 g/mol. The molecule has 0 aliphatic carbocycles. The second-order valence-electron chi connectivity index (χ2n) is 3.32. The summed E-state index contributed by atoms with van der Waals surface area (Å²) in [7, 11) is 0. The maximum Gasteiger partial charge on any atom is 0.354 e. The Kier molecular flexibility index (Phi) is 3.38. The lowest BCUT2D eigenvalue weighted by Gasteiger charge is -2.01. The summed E-state index contributed by atoms with van der Waals surface area (Å²) in [6.45, 7) is 1.67. The minimum Gasteiger partial charge on any atom is -0.477 e. The van der Waals surface area contributed by atoms with Crippen LogP contribution in [0.1, 0.15) is 16.2 Å². The molecule has 92 valence electrons. The third-order valence-corrected chi connectivity index (χ3v) is 2.65. The lowest BCUT2D eigenvalue weighted by Crippen LogP contribution is -2.07. The third-order valence-electron chi connectivity index (χ3n) is 1.89. The highest BCUT2D eigenvalue weighted by Crippen LogP contribution is 2.20. The van der Waals surface area contributed by atoms with Crippen LogP contribution in [0.15, 0.2) is 33.4 Å². The van der Waals surface area contributed by atoms with E-state index in [0.29, 0.717) is 10.9 Å². The number of H-pyrrole nitrogens is 1. The van der Waals surface area contributed by atoms with Crippen LogP contribution in [0.4, 0.5) is 0 Å². The highest BCUT2D eigenvalue weighted by Gasteiger charge is 2.10. The first-order valence-electron chi connectivity index (χ1n) is 4.87. The van der Waals surface area contributed by atoms with E-state index in [1.165, 1.54) is 18.3 Å². The van der Waals surface area contributed by atoms with Crippen molar-refractivity contribution in [2.45, 2.75) is 17.2 Å². The normalized spacial score (nSPS) is 10.3. The molecule has 0 atom stereocenters. The van der Waals surface area contributed by atoms with E-state index in [-0.39, 0.29) is 16.4 Å². The summed E-state index contributed by atoms with van der Waals surface area (Å²) >= 11 is 0.995. The van der Waals surface area contributed by atoms with Crippen LogP contribution in [-0.2, 0) is 0 Å². The molecule has 0 spiro atoms. The lowest BCUT2D eigenvalue weighted by molar-refractivity contribution is 0.0689. The first kappa shape index (κ1) is 12.2. The molecule has 0 unspecified atom stereocenters. The van der Waals surface area contributed by atoms with E-state index < -0.39 is 5.97 Å². The van der Waals surface area contributed by atoms with Crippen LogP contribution in [0.3, 0.4) is 0 Å². The van der Waals surface area contributed by atoms with Crippen molar-refractivity contribution < 1.29 is 9.90 Å². The lowest BCUT2D eigenvalue weighted by atomic mass is 10.3. The SMILES string of the molecule is Cc1cc(C(=O)O)nc(Sc2nccc(=O)[nH]2)n1. The molecule has 2 N–H and O–H groups in total. The van der Waals surface area contributed by atoms with Crippen LogP contribution in [0, 0.1) is 6.92 Å². The van der Waals surface area contributed by atoms with Crippen molar-refractivity contribution in [3.63, 3.8) is 0 Å². The number of hydrogen-bond donors (Lipinski definition) is 2. The van der Waals surface area contributed by atoms with E-state index in [9.17, 15) is 9.59 Å². The van der Waals surface area contributed by atoms with Crippen molar-refractivity contribution in [1.82, 2.24) is 19.9 Å². The Hall–Kier alpha value is -2.22. The first-order chi connectivity index (χ1) is 8.54. The fraction of sp³-hybridized carbons (Fsp3) is 0.100. The molecule has 0 radical (unpaired) electrons. The maximum atomic E-state index is 11.1. The van der Waals surface area contributed by atoms with Gasteiger partial charge in [0.05, 0.1) is 0 Å². The summed E-state index contributed by atoms with van der Waals surface area (Å²) in [5.74, 6) is -1.13. The Morgan fingerprint density at radius 1 is 1.44 bits per heavy atom. The van der Waals surface area contributed by atoms with Crippen molar-refractivity contribution in [2.24, 2.45) is 0 Å². The minimum absolute atomic E-state index is 0.0942. The topological polar surface area (TPSA) is 109 Å². The van der Waals surface area contributed by atoms with Crippen LogP contribution in [0.25, 0.3) is 0 Å². The van der Waals surface area contributed by atoms with Crippen LogP contribution in [0.5, 0.6) is 0 Å². The molecule has 2 heterocycles. The minimum atomic E-state index is -1.13. The number of nitrogens with zero attached hydrogens (tertiary/aromatic N) is 3. The molecule has 7 nitrogen and oxygen atoms in total. The number of aromatic nitrogens is 4. The van der Waals surface area contributed by atoms with Gasteiger partial charge in [0.2, 0.25) is 0 Å². The molecule has 8 heteroatoms. The van der Waals surface area contributed by atoms with Crippen molar-refractivity contribution in [1.29, 1.82) is 0 Å². The monoisotopic (exact) mass is 264 g/mol. The number of rotatable bonds is 3. The Balaban J connectivity index is 2.34. The number of aromatic amines is 1. The zero-order valence-corrected chi connectivity index (χ0v) is 10.1. The number of carbonyl (C=O) groups is 1. The van der Waals surface area contributed by atoms with Gasteiger partial charge in [-0.05, 0) is 24.8 Å². The largest absolute Gasteiger partial charge is 0.477 e. The molecule has 0 aliphatic rings. The Morgan fingerprint density at radius 3 is 2.89 bits per heavy atom. The van der Waals surface area contributed by atoms with Gasteiger partial charge in [-0.1, -0.05) is 0 Å². The average Bonchev–Trinajstić information content (AvgIpc) is 2.28. The Morgan fingerprint density at radius 2 is 2.22 bits per heavy atom. The summed E-state index contributed by atoms with van der Waals surface area (Å²) in [5, 5.41) is 9.40. The van der Waals surface area contributed by atoms with E-state index >= 15 is 0 Å². The zero-order valence-electron chi connectivity index (χ0n) is 9.25. The van der Waals surface area contributed by atoms with Gasteiger partial charge in [0.1, 0.15) is 0 Å². The molecule has 0 aromatic carbocycles. The number of carboxylic acids is 1. The highest BCUT2D eigenvalue weighted by atomic mass is 32.2. The summed E-state index contributed by atoms with van der Waals surface area (Å²) in [4.78, 5) is 36.2. The summed E-state index contributed by atoms with van der Waals surface area (Å²) in [6, 6.07) is 2.65. The van der Waals surface area contributed by atoms with E-state index in [1.807, 2.05) is 0 Å².